The number of carbonyl (C=O) groups is 1. The fourth-order valence-electron chi connectivity index (χ4n) is 1.46. The molecule has 1 rings (SSSR count). The zero-order valence-electron chi connectivity index (χ0n) is 11.5. The molecule has 0 aliphatic heterocycles. The molecule has 0 aromatic carbocycles. The van der Waals surface area contributed by atoms with E-state index in [4.69, 9.17) is 10.5 Å². The van der Waals surface area contributed by atoms with Gasteiger partial charge in [0, 0.05) is 19.5 Å². The molecule has 0 aliphatic rings. The first-order valence-electron chi connectivity index (χ1n) is 6.57. The molecule has 0 atom stereocenters. The Morgan fingerprint density at radius 1 is 1.37 bits per heavy atom. The van der Waals surface area contributed by atoms with E-state index in [0.717, 1.165) is 6.42 Å². The molecule has 4 N–H and O–H groups in total. The van der Waals surface area contributed by atoms with E-state index in [-0.39, 0.29) is 5.91 Å². The molecule has 0 radical (unpaired) electrons. The van der Waals surface area contributed by atoms with E-state index in [9.17, 15) is 4.79 Å². The van der Waals surface area contributed by atoms with Gasteiger partial charge in [-0.25, -0.2) is 0 Å². The van der Waals surface area contributed by atoms with Crippen LogP contribution in [0.25, 0.3) is 0 Å². The number of nitrogens with one attached hydrogen (secondary N) is 2. The predicted octanol–water partition coefficient (Wildman–Crippen LogP) is 1.39. The largest absolute Gasteiger partial charge is 0.476 e. The van der Waals surface area contributed by atoms with Crippen molar-refractivity contribution in [2.75, 3.05) is 30.7 Å². The number of pyridine rings is 1. The summed E-state index contributed by atoms with van der Waals surface area (Å²) in [5.74, 6) is 1.11. The zero-order valence-corrected chi connectivity index (χ0v) is 11.5. The summed E-state index contributed by atoms with van der Waals surface area (Å²) in [5.41, 5.74) is 6.24. The van der Waals surface area contributed by atoms with Crippen molar-refractivity contribution in [3.63, 3.8) is 0 Å². The van der Waals surface area contributed by atoms with Gasteiger partial charge in [0.15, 0.2) is 0 Å². The Balaban J connectivity index is 2.40. The van der Waals surface area contributed by atoms with Crippen LogP contribution in [-0.4, -0.2) is 30.6 Å². The maximum absolute atomic E-state index is 11.4. The molecule has 0 unspecified atom stereocenters. The van der Waals surface area contributed by atoms with Crippen LogP contribution >= 0.6 is 0 Å². The van der Waals surface area contributed by atoms with Gasteiger partial charge in [-0.2, -0.15) is 4.98 Å². The normalized spacial score (nSPS) is 10.0. The van der Waals surface area contributed by atoms with Gasteiger partial charge >= 0.3 is 0 Å². The molecular weight excluding hydrogens is 244 g/mol. The summed E-state index contributed by atoms with van der Waals surface area (Å²) in [6.07, 6.45) is 1.35. The molecule has 0 saturated heterocycles. The molecular formula is C13H22N4O2. The van der Waals surface area contributed by atoms with Crippen LogP contribution in [0.2, 0.25) is 0 Å². The van der Waals surface area contributed by atoms with Gasteiger partial charge in [0.05, 0.1) is 12.3 Å². The molecule has 1 aromatic heterocycles. The van der Waals surface area contributed by atoms with Gasteiger partial charge < -0.3 is 21.1 Å². The summed E-state index contributed by atoms with van der Waals surface area (Å²) in [6.45, 7) is 5.65. The number of ether oxygens (including phenoxy) is 1. The number of amides is 1. The second kappa shape index (κ2) is 8.18. The summed E-state index contributed by atoms with van der Waals surface area (Å²) in [6, 6.07) is 3.50. The number of carbonyl (C=O) groups excluding carboxylic acids is 1. The quantitative estimate of drug-likeness (QED) is 0.661. The molecule has 0 fully saturated rings. The number of hydrogen-bond acceptors (Lipinski definition) is 5. The Bertz CT molecular complexity index is 410. The smallest absolute Gasteiger partial charge is 0.239 e. The van der Waals surface area contributed by atoms with Crippen LogP contribution in [0.4, 0.5) is 11.5 Å². The van der Waals surface area contributed by atoms with Crippen LogP contribution < -0.4 is 21.1 Å². The number of hydrogen-bond donors (Lipinski definition) is 3. The van der Waals surface area contributed by atoms with Gasteiger partial charge in [-0.3, -0.25) is 4.79 Å². The molecule has 106 valence electrons. The maximum atomic E-state index is 11.4. The average Bonchev–Trinajstić information content (AvgIpc) is 2.40. The van der Waals surface area contributed by atoms with Gasteiger partial charge in [-0.1, -0.05) is 6.92 Å². The zero-order chi connectivity index (χ0) is 14.1. The van der Waals surface area contributed by atoms with Crippen LogP contribution in [0.1, 0.15) is 26.7 Å². The van der Waals surface area contributed by atoms with E-state index >= 15 is 0 Å². The highest BCUT2D eigenvalue weighted by atomic mass is 16.5. The van der Waals surface area contributed by atoms with Gasteiger partial charge in [-0.05, 0) is 25.5 Å². The van der Waals surface area contributed by atoms with Crippen LogP contribution in [0, 0.1) is 0 Å². The van der Waals surface area contributed by atoms with E-state index in [1.807, 2.05) is 13.8 Å². The van der Waals surface area contributed by atoms with E-state index < -0.39 is 0 Å². The molecule has 6 nitrogen and oxygen atoms in total. The monoisotopic (exact) mass is 266 g/mol. The lowest BCUT2D eigenvalue weighted by Crippen LogP contribution is -2.26. The molecule has 6 heteroatoms. The van der Waals surface area contributed by atoms with Crippen molar-refractivity contribution in [3.05, 3.63) is 12.1 Å². The fourth-order valence-corrected chi connectivity index (χ4v) is 1.46. The number of nitrogens with zero attached hydrogens (tertiary/aromatic N) is 1. The number of nitrogen functional groups attached to an aromatic ring is 1. The van der Waals surface area contributed by atoms with Gasteiger partial charge in [0.2, 0.25) is 11.8 Å². The summed E-state index contributed by atoms with van der Waals surface area (Å²) in [7, 11) is 0. The second-order valence-corrected chi connectivity index (χ2v) is 4.05. The van der Waals surface area contributed by atoms with Crippen molar-refractivity contribution in [3.8, 4) is 5.88 Å². The first-order chi connectivity index (χ1) is 9.17. The lowest BCUT2D eigenvalue weighted by molar-refractivity contribution is -0.120. The SMILES string of the molecule is CCCNC(=O)CCNc1ccc(N)c(OCC)n1. The summed E-state index contributed by atoms with van der Waals surface area (Å²) >= 11 is 0. The number of anilines is 2. The van der Waals surface area contributed by atoms with E-state index in [1.165, 1.54) is 0 Å². The molecule has 0 bridgehead atoms. The highest BCUT2D eigenvalue weighted by molar-refractivity contribution is 5.76. The number of aromatic nitrogens is 1. The minimum atomic E-state index is 0.0369. The summed E-state index contributed by atoms with van der Waals surface area (Å²) < 4.78 is 5.30. The van der Waals surface area contributed by atoms with Crippen LogP contribution in [0.3, 0.4) is 0 Å². The molecule has 0 saturated carbocycles. The van der Waals surface area contributed by atoms with Crippen LogP contribution in [-0.2, 0) is 4.79 Å². The van der Waals surface area contributed by atoms with Crippen molar-refractivity contribution < 1.29 is 9.53 Å². The molecule has 1 amide bonds. The van der Waals surface area contributed by atoms with Crippen LogP contribution in [0.5, 0.6) is 5.88 Å². The fraction of sp³-hybridized carbons (Fsp3) is 0.538. The molecule has 1 heterocycles. The Kier molecular flexibility index (Phi) is 6.49. The van der Waals surface area contributed by atoms with Crippen LogP contribution in [0.15, 0.2) is 12.1 Å². The highest BCUT2D eigenvalue weighted by Crippen LogP contribution is 2.20. The summed E-state index contributed by atoms with van der Waals surface area (Å²) in [5, 5.41) is 5.89. The van der Waals surface area contributed by atoms with Crippen molar-refractivity contribution >= 4 is 17.4 Å². The molecule has 1 aromatic rings. The number of nitrogens with two attached hydrogens (primary N) is 1. The minimum absolute atomic E-state index is 0.0369. The lowest BCUT2D eigenvalue weighted by Gasteiger charge is -2.09. The Labute approximate surface area is 113 Å². The average molecular weight is 266 g/mol. The highest BCUT2D eigenvalue weighted by Gasteiger charge is 2.04. The van der Waals surface area contributed by atoms with Gasteiger partial charge in [-0.15, -0.1) is 0 Å². The topological polar surface area (TPSA) is 89.3 Å². The van der Waals surface area contributed by atoms with E-state index in [0.29, 0.717) is 43.5 Å². The van der Waals surface area contributed by atoms with E-state index in [1.54, 1.807) is 12.1 Å². The lowest BCUT2D eigenvalue weighted by atomic mass is 10.3. The Morgan fingerprint density at radius 3 is 2.84 bits per heavy atom. The van der Waals surface area contributed by atoms with E-state index in [2.05, 4.69) is 15.6 Å². The standard InChI is InChI=1S/C13H22N4O2/c1-3-8-16-12(18)7-9-15-11-6-5-10(14)13(17-11)19-4-2/h5-6H,3-4,7-9,14H2,1-2H3,(H,15,17)(H,16,18). The van der Waals surface area contributed by atoms with Crippen molar-refractivity contribution in [2.24, 2.45) is 0 Å². The van der Waals surface area contributed by atoms with Crippen molar-refractivity contribution in [1.82, 2.24) is 10.3 Å². The third-order valence-electron chi connectivity index (χ3n) is 2.40. The van der Waals surface area contributed by atoms with Crippen molar-refractivity contribution in [1.29, 1.82) is 0 Å². The van der Waals surface area contributed by atoms with Crippen molar-refractivity contribution in [2.45, 2.75) is 26.7 Å². The van der Waals surface area contributed by atoms with Gasteiger partial charge in [0.25, 0.3) is 0 Å². The minimum Gasteiger partial charge on any atom is -0.476 e. The first kappa shape index (κ1) is 15.1. The third kappa shape index (κ3) is 5.46. The summed E-state index contributed by atoms with van der Waals surface area (Å²) in [4.78, 5) is 15.6. The Hall–Kier alpha value is -1.98. The first-order valence-corrected chi connectivity index (χ1v) is 6.57. The molecule has 19 heavy (non-hydrogen) atoms. The molecule has 0 aliphatic carbocycles. The second-order valence-electron chi connectivity index (χ2n) is 4.05. The maximum Gasteiger partial charge on any atom is 0.239 e. The molecule has 0 spiro atoms. The van der Waals surface area contributed by atoms with Gasteiger partial charge in [0.1, 0.15) is 5.82 Å². The Morgan fingerprint density at radius 2 is 2.16 bits per heavy atom. The number of rotatable bonds is 8. The third-order valence-corrected chi connectivity index (χ3v) is 2.40. The predicted molar refractivity (Wildman–Crippen MR) is 76.2 cm³/mol.